The second kappa shape index (κ2) is 16.2. The molecule has 2 saturated heterocycles. The molecule has 2 heterocycles. The van der Waals surface area contributed by atoms with Gasteiger partial charge in [0.2, 0.25) is 11.8 Å². The summed E-state index contributed by atoms with van der Waals surface area (Å²) in [5, 5.41) is 14.8. The van der Waals surface area contributed by atoms with E-state index >= 15 is 0 Å². The van der Waals surface area contributed by atoms with E-state index in [0.29, 0.717) is 49.5 Å². The molecule has 0 radical (unpaired) electrons. The molecule has 0 spiro atoms. The van der Waals surface area contributed by atoms with E-state index < -0.39 is 12.1 Å². The number of hydrogen-bond donors (Lipinski definition) is 5. The summed E-state index contributed by atoms with van der Waals surface area (Å²) in [6.07, 6.45) is 6.18. The topological polar surface area (TPSA) is 146 Å². The average molecular weight is 574 g/mol. The van der Waals surface area contributed by atoms with Gasteiger partial charge in [-0.3, -0.25) is 14.4 Å². The van der Waals surface area contributed by atoms with Crippen molar-refractivity contribution in [2.24, 2.45) is 5.92 Å². The molecule has 11 heteroatoms. The van der Waals surface area contributed by atoms with Gasteiger partial charge in [-0.25, -0.2) is 4.79 Å². The van der Waals surface area contributed by atoms with Crippen LogP contribution in [0.1, 0.15) is 75.6 Å². The van der Waals surface area contributed by atoms with Gasteiger partial charge < -0.3 is 31.4 Å². The van der Waals surface area contributed by atoms with Gasteiger partial charge in [-0.1, -0.05) is 38.5 Å². The molecule has 1 aromatic carbocycles. The molecule has 5 amide bonds. The van der Waals surface area contributed by atoms with Gasteiger partial charge in [0.1, 0.15) is 12.3 Å². The van der Waals surface area contributed by atoms with E-state index in [9.17, 15) is 24.0 Å². The fraction of sp³-hybridized carbons (Fsp3) is 0.621. The Morgan fingerprint density at radius 2 is 1.82 bits per heavy atom. The van der Waals surface area contributed by atoms with Gasteiger partial charge in [0.05, 0.1) is 18.1 Å². The lowest BCUT2D eigenvalue weighted by Gasteiger charge is -2.22. The number of carbonyl (C=O) groups excluding carboxylic acids is 5. The van der Waals surface area contributed by atoms with Gasteiger partial charge in [-0.05, 0) is 56.6 Å². The normalized spacial score (nSPS) is 21.1. The Balaban J connectivity index is 1.28. The van der Waals surface area contributed by atoms with Crippen LogP contribution in [-0.2, 0) is 14.4 Å². The van der Waals surface area contributed by atoms with E-state index in [1.165, 1.54) is 0 Å². The lowest BCUT2D eigenvalue weighted by Crippen LogP contribution is -2.50. The van der Waals surface area contributed by atoms with Crippen LogP contribution in [0.15, 0.2) is 30.3 Å². The predicted octanol–water partition coefficient (Wildman–Crippen LogP) is 2.53. The van der Waals surface area contributed by atoms with Crippen molar-refractivity contribution in [3.05, 3.63) is 35.9 Å². The molecule has 10 nitrogen and oxygen atoms in total. The largest absolute Gasteiger partial charge is 0.356 e. The van der Waals surface area contributed by atoms with Crippen molar-refractivity contribution >= 4 is 41.8 Å². The van der Waals surface area contributed by atoms with Gasteiger partial charge in [0.15, 0.2) is 0 Å². The Labute approximate surface area is 240 Å². The van der Waals surface area contributed by atoms with E-state index in [1.807, 2.05) is 31.7 Å². The first-order valence-electron chi connectivity index (χ1n) is 14.3. The number of hydrogen-bond acceptors (Lipinski definition) is 6. The average Bonchev–Trinajstić information content (AvgIpc) is 3.49. The molecule has 5 atom stereocenters. The number of rotatable bonds is 17. The Hall–Kier alpha value is -3.08. The zero-order valence-electron chi connectivity index (χ0n) is 23.4. The maximum absolute atomic E-state index is 12.9. The van der Waals surface area contributed by atoms with Crippen molar-refractivity contribution in [2.75, 3.05) is 12.3 Å². The minimum Gasteiger partial charge on any atom is -0.356 e. The molecule has 2 aliphatic heterocycles. The summed E-state index contributed by atoms with van der Waals surface area (Å²) in [6, 6.07) is 7.66. The number of benzene rings is 1. The number of unbranched alkanes of at least 4 members (excludes halogenated alkanes) is 2. The summed E-state index contributed by atoms with van der Waals surface area (Å²) in [4.78, 5) is 60.8. The molecule has 0 unspecified atom stereocenters. The number of amides is 5. The third kappa shape index (κ3) is 10.1. The molecule has 220 valence electrons. The first-order valence-corrected chi connectivity index (χ1v) is 15.4. The second-order valence-corrected chi connectivity index (χ2v) is 12.3. The highest BCUT2D eigenvalue weighted by Crippen LogP contribution is 2.33. The standard InChI is InChI=1S/C29H43N5O5S/c1-19(2)16-22(32-27(37)20-10-4-3-5-11-20)28(38)31-21(17-35)12-8-9-15-30-25(36)14-7-6-13-24-26-23(18-40-24)33-29(39)34-26/h3-5,10-11,17,19,21-24,26H,6-9,12-16,18H2,1-2H3,(H,30,36)(H,31,38)(H,32,37)(H2,33,34,39)/t21-,22-,23-,24-,26-/m0/s1. The van der Waals surface area contributed by atoms with Crippen molar-refractivity contribution in [2.45, 2.75) is 94.6 Å². The Morgan fingerprint density at radius 1 is 1.05 bits per heavy atom. The molecule has 0 bridgehead atoms. The molecule has 0 aliphatic carbocycles. The molecular weight excluding hydrogens is 530 g/mol. The van der Waals surface area contributed by atoms with Crippen LogP contribution in [0.5, 0.6) is 0 Å². The summed E-state index contributed by atoms with van der Waals surface area (Å²) in [5.41, 5.74) is 0.473. The van der Waals surface area contributed by atoms with E-state index in [0.717, 1.165) is 31.3 Å². The van der Waals surface area contributed by atoms with Crippen LogP contribution in [-0.4, -0.2) is 71.8 Å². The third-order valence-corrected chi connectivity index (χ3v) is 8.71. The summed E-state index contributed by atoms with van der Waals surface area (Å²) in [5.74, 6) is 0.420. The van der Waals surface area contributed by atoms with Crippen LogP contribution < -0.4 is 26.6 Å². The molecular formula is C29H43N5O5S. The van der Waals surface area contributed by atoms with Crippen molar-refractivity contribution in [1.29, 1.82) is 0 Å². The smallest absolute Gasteiger partial charge is 0.315 e. The lowest BCUT2D eigenvalue weighted by molar-refractivity contribution is -0.126. The van der Waals surface area contributed by atoms with Crippen molar-refractivity contribution in [3.8, 4) is 0 Å². The highest BCUT2D eigenvalue weighted by molar-refractivity contribution is 8.00. The summed E-state index contributed by atoms with van der Waals surface area (Å²) in [6.45, 7) is 4.46. The van der Waals surface area contributed by atoms with Gasteiger partial charge >= 0.3 is 6.03 Å². The van der Waals surface area contributed by atoms with Crippen LogP contribution in [0, 0.1) is 5.92 Å². The number of thioether (sulfide) groups is 1. The van der Waals surface area contributed by atoms with Crippen LogP contribution in [0.25, 0.3) is 0 Å². The Bertz CT molecular complexity index is 1010. The Morgan fingerprint density at radius 3 is 2.55 bits per heavy atom. The monoisotopic (exact) mass is 573 g/mol. The van der Waals surface area contributed by atoms with E-state index in [-0.39, 0.29) is 41.8 Å². The molecule has 1 aromatic rings. The highest BCUT2D eigenvalue weighted by atomic mass is 32.2. The maximum atomic E-state index is 12.9. The van der Waals surface area contributed by atoms with Gasteiger partial charge in [0, 0.05) is 29.5 Å². The van der Waals surface area contributed by atoms with Crippen LogP contribution in [0.4, 0.5) is 4.79 Å². The number of urea groups is 1. The molecule has 0 aromatic heterocycles. The minimum atomic E-state index is -0.739. The summed E-state index contributed by atoms with van der Waals surface area (Å²) in [7, 11) is 0. The Kier molecular flexibility index (Phi) is 12.8. The predicted molar refractivity (Wildman–Crippen MR) is 156 cm³/mol. The maximum Gasteiger partial charge on any atom is 0.315 e. The van der Waals surface area contributed by atoms with Gasteiger partial charge in [0.25, 0.3) is 5.91 Å². The van der Waals surface area contributed by atoms with Crippen molar-refractivity contribution in [1.82, 2.24) is 26.6 Å². The number of carbonyl (C=O) groups is 5. The molecule has 2 fully saturated rings. The summed E-state index contributed by atoms with van der Waals surface area (Å²) >= 11 is 1.88. The molecule has 3 rings (SSSR count). The fourth-order valence-electron chi connectivity index (χ4n) is 5.07. The van der Waals surface area contributed by atoms with E-state index in [1.54, 1.807) is 24.3 Å². The van der Waals surface area contributed by atoms with Crippen LogP contribution in [0.3, 0.4) is 0 Å². The van der Waals surface area contributed by atoms with Crippen LogP contribution in [0.2, 0.25) is 0 Å². The fourth-order valence-corrected chi connectivity index (χ4v) is 6.61. The SMILES string of the molecule is CC(C)C[C@H](NC(=O)c1ccccc1)C(=O)N[C@H](C=O)CCCCNC(=O)CCCC[C@@H]1SC[C@@H]2NC(=O)N[C@@H]21. The van der Waals surface area contributed by atoms with Crippen molar-refractivity contribution < 1.29 is 24.0 Å². The summed E-state index contributed by atoms with van der Waals surface area (Å²) < 4.78 is 0. The zero-order valence-corrected chi connectivity index (χ0v) is 24.3. The lowest BCUT2D eigenvalue weighted by atomic mass is 10.0. The first kappa shape index (κ1) is 31.4. The van der Waals surface area contributed by atoms with E-state index in [4.69, 9.17) is 0 Å². The molecule has 40 heavy (non-hydrogen) atoms. The second-order valence-electron chi connectivity index (χ2n) is 11.0. The number of nitrogens with one attached hydrogen (secondary N) is 5. The zero-order chi connectivity index (χ0) is 28.9. The van der Waals surface area contributed by atoms with Crippen LogP contribution >= 0.6 is 11.8 Å². The van der Waals surface area contributed by atoms with Gasteiger partial charge in [-0.2, -0.15) is 11.8 Å². The highest BCUT2D eigenvalue weighted by Gasteiger charge is 2.42. The third-order valence-electron chi connectivity index (χ3n) is 7.20. The quantitative estimate of drug-likeness (QED) is 0.110. The molecule has 5 N–H and O–H groups in total. The first-order chi connectivity index (χ1) is 19.3. The number of fused-ring (bicyclic) bond motifs is 1. The number of aldehydes is 1. The van der Waals surface area contributed by atoms with E-state index in [2.05, 4.69) is 26.6 Å². The minimum absolute atomic E-state index is 0.0127. The van der Waals surface area contributed by atoms with Gasteiger partial charge in [-0.15, -0.1) is 0 Å². The molecule has 2 aliphatic rings. The molecule has 0 saturated carbocycles. The van der Waals surface area contributed by atoms with Crippen molar-refractivity contribution in [3.63, 3.8) is 0 Å².